The van der Waals surface area contributed by atoms with E-state index in [0.29, 0.717) is 17.2 Å². The quantitative estimate of drug-likeness (QED) is 0.297. The smallest absolute Gasteiger partial charge is 0.333 e. The molecule has 0 saturated carbocycles. The molecule has 0 aliphatic rings. The molecule has 27 heavy (non-hydrogen) atoms. The summed E-state index contributed by atoms with van der Waals surface area (Å²) in [4.78, 5) is 23.1. The van der Waals surface area contributed by atoms with Crippen LogP contribution in [0, 0.1) is 5.41 Å². The maximum absolute atomic E-state index is 11.6. The largest absolute Gasteiger partial charge is 0.493 e. The maximum Gasteiger partial charge on any atom is 0.333 e. The van der Waals surface area contributed by atoms with Crippen LogP contribution >= 0.6 is 0 Å². The van der Waals surface area contributed by atoms with Crippen molar-refractivity contribution in [1.29, 1.82) is 0 Å². The van der Waals surface area contributed by atoms with E-state index in [1.54, 1.807) is 45.1 Å². The van der Waals surface area contributed by atoms with Crippen molar-refractivity contribution in [3.05, 3.63) is 35.9 Å². The van der Waals surface area contributed by atoms with Crippen LogP contribution in [0.2, 0.25) is 0 Å². The van der Waals surface area contributed by atoms with Crippen molar-refractivity contribution in [2.24, 2.45) is 5.41 Å². The van der Waals surface area contributed by atoms with Gasteiger partial charge in [0.15, 0.2) is 11.5 Å². The average molecular weight is 378 g/mol. The Morgan fingerprint density at radius 3 is 2.00 bits per heavy atom. The van der Waals surface area contributed by atoms with Gasteiger partial charge in [-0.1, -0.05) is 18.2 Å². The molecule has 0 heterocycles. The first kappa shape index (κ1) is 22.1. The Hall–Kier alpha value is -2.96. The Morgan fingerprint density at radius 2 is 1.52 bits per heavy atom. The number of carbonyl (C=O) groups is 2. The molecule has 0 spiro atoms. The zero-order valence-corrected chi connectivity index (χ0v) is 16.5. The molecule has 0 fully saturated rings. The zero-order valence-electron chi connectivity index (χ0n) is 16.5. The lowest BCUT2D eigenvalue weighted by Gasteiger charge is -2.15. The molecule has 0 radical (unpaired) electrons. The van der Waals surface area contributed by atoms with Crippen LogP contribution in [0.4, 0.5) is 0 Å². The number of allylic oxidation sites excluding steroid dienone is 2. The summed E-state index contributed by atoms with van der Waals surface area (Å²) in [7, 11) is 4.60. The summed E-state index contributed by atoms with van der Waals surface area (Å²) in [6.45, 7) is 4.72. The standard InChI is InChI=1S/C20H26O7/c1-20(2,3)19(22)27-13-26-17(21)10-8-7-9-14-11-15(23-4)18(25-6)16(12-14)24-5/h7-12H,13H2,1-6H3/b9-7+,10-8+. The number of rotatable bonds is 8. The lowest BCUT2D eigenvalue weighted by atomic mass is 9.98. The molecule has 7 nitrogen and oxygen atoms in total. The van der Waals surface area contributed by atoms with E-state index in [1.807, 2.05) is 0 Å². The minimum Gasteiger partial charge on any atom is -0.493 e. The van der Waals surface area contributed by atoms with Gasteiger partial charge in [0.1, 0.15) is 0 Å². The van der Waals surface area contributed by atoms with Crippen LogP contribution < -0.4 is 14.2 Å². The van der Waals surface area contributed by atoms with Crippen LogP contribution in [0.15, 0.2) is 30.4 Å². The van der Waals surface area contributed by atoms with Crippen molar-refractivity contribution >= 4 is 18.0 Å². The Balaban J connectivity index is 2.63. The summed E-state index contributed by atoms with van der Waals surface area (Å²) < 4.78 is 25.5. The maximum atomic E-state index is 11.6. The first-order valence-electron chi connectivity index (χ1n) is 8.21. The molecule has 0 N–H and O–H groups in total. The summed E-state index contributed by atoms with van der Waals surface area (Å²) in [5, 5.41) is 0. The molecule has 1 aromatic carbocycles. The molecule has 0 aliphatic heterocycles. The van der Waals surface area contributed by atoms with Gasteiger partial charge in [0, 0.05) is 6.08 Å². The summed E-state index contributed by atoms with van der Waals surface area (Å²) >= 11 is 0. The molecule has 148 valence electrons. The van der Waals surface area contributed by atoms with Crippen molar-refractivity contribution in [1.82, 2.24) is 0 Å². The summed E-state index contributed by atoms with van der Waals surface area (Å²) in [6.07, 6.45) is 6.15. The molecule has 1 aromatic rings. The van der Waals surface area contributed by atoms with Gasteiger partial charge >= 0.3 is 11.9 Å². The van der Waals surface area contributed by atoms with E-state index < -0.39 is 24.1 Å². The molecular formula is C20H26O7. The van der Waals surface area contributed by atoms with E-state index in [1.165, 1.54) is 33.5 Å². The van der Waals surface area contributed by atoms with Crippen molar-refractivity contribution < 1.29 is 33.3 Å². The van der Waals surface area contributed by atoms with Gasteiger partial charge in [0.2, 0.25) is 12.5 Å². The fourth-order valence-corrected chi connectivity index (χ4v) is 1.90. The van der Waals surface area contributed by atoms with Crippen LogP contribution in [0.5, 0.6) is 17.2 Å². The number of hydrogen-bond donors (Lipinski definition) is 0. The third kappa shape index (κ3) is 7.05. The number of benzene rings is 1. The molecule has 7 heteroatoms. The van der Waals surface area contributed by atoms with Crippen LogP contribution in [0.1, 0.15) is 26.3 Å². The van der Waals surface area contributed by atoms with E-state index in [0.717, 1.165) is 5.56 Å². The monoisotopic (exact) mass is 378 g/mol. The minimum atomic E-state index is -0.647. The topological polar surface area (TPSA) is 80.3 Å². The van der Waals surface area contributed by atoms with Gasteiger partial charge in [0.05, 0.1) is 26.7 Å². The fraction of sp³-hybridized carbons (Fsp3) is 0.400. The SMILES string of the molecule is COc1cc(/C=C/C=C/C(=O)OCOC(=O)C(C)(C)C)cc(OC)c1OC. The Bertz CT molecular complexity index is 687. The van der Waals surface area contributed by atoms with Gasteiger partial charge in [0.25, 0.3) is 0 Å². The predicted octanol–water partition coefficient (Wildman–Crippen LogP) is 3.37. The third-order valence-electron chi connectivity index (χ3n) is 3.32. The first-order chi connectivity index (χ1) is 12.7. The summed E-state index contributed by atoms with van der Waals surface area (Å²) in [5.41, 5.74) is 0.146. The van der Waals surface area contributed by atoms with Gasteiger partial charge < -0.3 is 23.7 Å². The summed E-state index contributed by atoms with van der Waals surface area (Å²) in [5.74, 6) is 0.495. The number of methoxy groups -OCH3 is 3. The zero-order chi connectivity index (χ0) is 20.4. The predicted molar refractivity (Wildman–Crippen MR) is 101 cm³/mol. The molecular weight excluding hydrogens is 352 g/mol. The third-order valence-corrected chi connectivity index (χ3v) is 3.32. The van der Waals surface area contributed by atoms with Crippen molar-refractivity contribution in [2.45, 2.75) is 20.8 Å². The van der Waals surface area contributed by atoms with Crippen LogP contribution in [-0.2, 0) is 19.1 Å². The second-order valence-electron chi connectivity index (χ2n) is 6.44. The molecule has 0 unspecified atom stereocenters. The van der Waals surface area contributed by atoms with Gasteiger partial charge in [-0.2, -0.15) is 0 Å². The van der Waals surface area contributed by atoms with Crippen molar-refractivity contribution in [3.63, 3.8) is 0 Å². The number of esters is 2. The second-order valence-corrected chi connectivity index (χ2v) is 6.44. The fourth-order valence-electron chi connectivity index (χ4n) is 1.90. The minimum absolute atomic E-state index is 0.421. The van der Waals surface area contributed by atoms with E-state index in [-0.39, 0.29) is 0 Å². The van der Waals surface area contributed by atoms with Gasteiger partial charge in [-0.15, -0.1) is 0 Å². The first-order valence-corrected chi connectivity index (χ1v) is 8.21. The van der Waals surface area contributed by atoms with Gasteiger partial charge in [-0.3, -0.25) is 4.79 Å². The molecule has 0 bridgehead atoms. The molecule has 0 aliphatic carbocycles. The lowest BCUT2D eigenvalue weighted by Crippen LogP contribution is -2.24. The Labute approximate surface area is 159 Å². The Kier molecular flexibility index (Phi) is 8.38. The molecule has 0 amide bonds. The molecule has 0 saturated heterocycles. The van der Waals surface area contributed by atoms with Crippen molar-refractivity contribution in [3.8, 4) is 17.2 Å². The van der Waals surface area contributed by atoms with E-state index in [9.17, 15) is 9.59 Å². The number of ether oxygens (including phenoxy) is 5. The number of carbonyl (C=O) groups excluding carboxylic acids is 2. The molecule has 0 aromatic heterocycles. The van der Waals surface area contributed by atoms with Crippen LogP contribution in [0.3, 0.4) is 0 Å². The second kappa shape index (κ2) is 10.3. The van der Waals surface area contributed by atoms with Gasteiger partial charge in [-0.25, -0.2) is 4.79 Å². The van der Waals surface area contributed by atoms with E-state index >= 15 is 0 Å². The highest BCUT2D eigenvalue weighted by Crippen LogP contribution is 2.38. The lowest BCUT2D eigenvalue weighted by molar-refractivity contribution is -0.170. The van der Waals surface area contributed by atoms with E-state index in [2.05, 4.69) is 0 Å². The van der Waals surface area contributed by atoms with Crippen LogP contribution in [0.25, 0.3) is 6.08 Å². The van der Waals surface area contributed by atoms with Crippen molar-refractivity contribution in [2.75, 3.05) is 28.1 Å². The molecule has 1 rings (SSSR count). The van der Waals surface area contributed by atoms with Crippen LogP contribution in [-0.4, -0.2) is 40.1 Å². The van der Waals surface area contributed by atoms with Gasteiger partial charge in [-0.05, 0) is 38.5 Å². The van der Waals surface area contributed by atoms with E-state index in [4.69, 9.17) is 23.7 Å². The summed E-state index contributed by atoms with van der Waals surface area (Å²) in [6, 6.07) is 3.55. The average Bonchev–Trinajstić information content (AvgIpc) is 2.63. The number of hydrogen-bond acceptors (Lipinski definition) is 7. The highest BCUT2D eigenvalue weighted by Gasteiger charge is 2.23. The molecule has 0 atom stereocenters. The Morgan fingerprint density at radius 1 is 0.926 bits per heavy atom. The normalized spacial score (nSPS) is 11.5. The highest BCUT2D eigenvalue weighted by atomic mass is 16.7. The highest BCUT2D eigenvalue weighted by molar-refractivity contribution is 5.82.